The van der Waals surface area contributed by atoms with E-state index in [-0.39, 0.29) is 6.04 Å². The van der Waals surface area contributed by atoms with Crippen molar-refractivity contribution in [2.45, 2.75) is 25.0 Å². The maximum Gasteiger partial charge on any atom is 0.240 e. The zero-order valence-electron chi connectivity index (χ0n) is 14.6. The molecule has 132 valence electrons. The first-order chi connectivity index (χ1) is 11.6. The SMILES string of the molecule is CN1CCN(C(=O)[C@@H]2C[C@H]3CN(Cc4nccs4)C[C@H]3N2C)CC1. The van der Waals surface area contributed by atoms with E-state index in [2.05, 4.69) is 38.7 Å². The van der Waals surface area contributed by atoms with E-state index in [1.807, 2.05) is 11.6 Å². The summed E-state index contributed by atoms with van der Waals surface area (Å²) in [6.07, 6.45) is 2.90. The van der Waals surface area contributed by atoms with Crippen LogP contribution in [0.4, 0.5) is 0 Å². The molecule has 3 aliphatic rings. The van der Waals surface area contributed by atoms with Crippen molar-refractivity contribution in [3.05, 3.63) is 16.6 Å². The molecule has 7 heteroatoms. The number of carbonyl (C=O) groups excluding carboxylic acids is 1. The number of thiazole rings is 1. The predicted molar refractivity (Wildman–Crippen MR) is 94.9 cm³/mol. The van der Waals surface area contributed by atoms with E-state index in [1.165, 1.54) is 5.01 Å². The molecular formula is C17H27N5OS. The molecule has 3 atom stereocenters. The van der Waals surface area contributed by atoms with Gasteiger partial charge in [0.2, 0.25) is 5.91 Å². The van der Waals surface area contributed by atoms with E-state index >= 15 is 0 Å². The smallest absolute Gasteiger partial charge is 0.240 e. The number of hydrogen-bond donors (Lipinski definition) is 0. The highest BCUT2D eigenvalue weighted by Gasteiger charge is 2.48. The Balaban J connectivity index is 1.34. The minimum absolute atomic E-state index is 0.0884. The molecule has 0 saturated carbocycles. The van der Waals surface area contributed by atoms with Gasteiger partial charge in [0.05, 0.1) is 12.6 Å². The van der Waals surface area contributed by atoms with Gasteiger partial charge in [0.1, 0.15) is 5.01 Å². The average Bonchev–Trinajstić information content (AvgIpc) is 3.27. The standard InChI is InChI=1S/C17H27N5OS/c1-19-4-6-22(7-5-19)17(23)14-9-13-10-21(11-15(13)20(14)2)12-16-18-3-8-24-16/h3,8,13-15H,4-7,9-12H2,1-2H3/t13-,14-,15+/m0/s1. The number of amides is 1. The van der Waals surface area contributed by atoms with Gasteiger partial charge in [-0.15, -0.1) is 11.3 Å². The van der Waals surface area contributed by atoms with Crippen LogP contribution in [-0.2, 0) is 11.3 Å². The largest absolute Gasteiger partial charge is 0.339 e. The monoisotopic (exact) mass is 349 g/mol. The maximum absolute atomic E-state index is 12.9. The molecule has 0 unspecified atom stereocenters. The number of piperazine rings is 1. The van der Waals surface area contributed by atoms with Crippen molar-refractivity contribution in [2.24, 2.45) is 5.92 Å². The van der Waals surface area contributed by atoms with Crippen molar-refractivity contribution in [1.82, 2.24) is 24.6 Å². The molecule has 3 fully saturated rings. The summed E-state index contributed by atoms with van der Waals surface area (Å²) in [4.78, 5) is 26.6. The number of likely N-dealkylation sites (N-methyl/N-ethyl adjacent to an activating group) is 2. The van der Waals surface area contributed by atoms with Crippen LogP contribution in [0, 0.1) is 5.92 Å². The molecule has 1 aromatic rings. The normalized spacial score (nSPS) is 32.4. The van der Waals surface area contributed by atoms with Crippen molar-refractivity contribution in [3.8, 4) is 0 Å². The third-order valence-electron chi connectivity index (χ3n) is 5.97. The lowest BCUT2D eigenvalue weighted by atomic mass is 10.0. The quantitative estimate of drug-likeness (QED) is 0.791. The van der Waals surface area contributed by atoms with E-state index in [1.54, 1.807) is 11.3 Å². The van der Waals surface area contributed by atoms with Gasteiger partial charge in [0.25, 0.3) is 0 Å². The number of carbonyl (C=O) groups is 1. The third kappa shape index (κ3) is 3.10. The fourth-order valence-electron chi connectivity index (χ4n) is 4.48. The molecule has 1 amide bonds. The van der Waals surface area contributed by atoms with Crippen LogP contribution in [0.15, 0.2) is 11.6 Å². The van der Waals surface area contributed by atoms with E-state index in [0.29, 0.717) is 17.9 Å². The molecule has 4 heterocycles. The summed E-state index contributed by atoms with van der Waals surface area (Å²) in [6, 6.07) is 0.608. The second kappa shape index (κ2) is 6.71. The molecule has 0 N–H and O–H groups in total. The molecule has 1 aromatic heterocycles. The molecular weight excluding hydrogens is 322 g/mol. The van der Waals surface area contributed by atoms with E-state index in [9.17, 15) is 4.79 Å². The number of aromatic nitrogens is 1. The molecule has 0 spiro atoms. The molecule has 24 heavy (non-hydrogen) atoms. The van der Waals surface area contributed by atoms with Crippen molar-refractivity contribution in [1.29, 1.82) is 0 Å². The minimum atomic E-state index is 0.0884. The predicted octanol–water partition coefficient (Wildman–Crippen LogP) is 0.422. The van der Waals surface area contributed by atoms with Crippen molar-refractivity contribution < 1.29 is 4.79 Å². The summed E-state index contributed by atoms with van der Waals surface area (Å²) < 4.78 is 0. The molecule has 0 bridgehead atoms. The van der Waals surface area contributed by atoms with Crippen LogP contribution in [0.2, 0.25) is 0 Å². The Labute approximate surface area is 148 Å². The van der Waals surface area contributed by atoms with Crippen molar-refractivity contribution in [2.75, 3.05) is 53.4 Å². The number of likely N-dealkylation sites (tertiary alicyclic amines) is 2. The first-order valence-corrected chi connectivity index (χ1v) is 9.80. The highest BCUT2D eigenvalue weighted by Crippen LogP contribution is 2.36. The highest BCUT2D eigenvalue weighted by atomic mass is 32.1. The lowest BCUT2D eigenvalue weighted by Gasteiger charge is -2.36. The number of fused-ring (bicyclic) bond motifs is 1. The zero-order chi connectivity index (χ0) is 16.7. The second-order valence-corrected chi connectivity index (χ2v) is 8.47. The number of nitrogens with zero attached hydrogens (tertiary/aromatic N) is 5. The molecule has 3 aliphatic heterocycles. The van der Waals surface area contributed by atoms with Crippen LogP contribution < -0.4 is 0 Å². The molecule has 0 aromatic carbocycles. The van der Waals surface area contributed by atoms with Gasteiger partial charge < -0.3 is 9.80 Å². The maximum atomic E-state index is 12.9. The molecule has 0 aliphatic carbocycles. The van der Waals surface area contributed by atoms with Gasteiger partial charge in [-0.3, -0.25) is 14.6 Å². The Morgan fingerprint density at radius 2 is 2.04 bits per heavy atom. The van der Waals surface area contributed by atoms with Crippen LogP contribution in [0.25, 0.3) is 0 Å². The lowest BCUT2D eigenvalue weighted by molar-refractivity contribution is -0.137. The van der Waals surface area contributed by atoms with Crippen molar-refractivity contribution >= 4 is 17.2 Å². The fraction of sp³-hybridized carbons (Fsp3) is 0.765. The third-order valence-corrected chi connectivity index (χ3v) is 6.73. The zero-order valence-corrected chi connectivity index (χ0v) is 15.4. The van der Waals surface area contributed by atoms with Gasteiger partial charge in [-0.25, -0.2) is 4.98 Å². The van der Waals surface area contributed by atoms with Gasteiger partial charge in [-0.2, -0.15) is 0 Å². The summed E-state index contributed by atoms with van der Waals surface area (Å²) >= 11 is 1.73. The van der Waals surface area contributed by atoms with E-state index < -0.39 is 0 Å². The highest BCUT2D eigenvalue weighted by molar-refractivity contribution is 7.09. The summed E-state index contributed by atoms with van der Waals surface area (Å²) in [6.45, 7) is 6.87. The summed E-state index contributed by atoms with van der Waals surface area (Å²) in [7, 11) is 4.28. The second-order valence-electron chi connectivity index (χ2n) is 7.49. The Morgan fingerprint density at radius 3 is 2.71 bits per heavy atom. The van der Waals surface area contributed by atoms with Gasteiger partial charge in [0.15, 0.2) is 0 Å². The van der Waals surface area contributed by atoms with Crippen LogP contribution >= 0.6 is 11.3 Å². The van der Waals surface area contributed by atoms with Crippen LogP contribution in [0.1, 0.15) is 11.4 Å². The first kappa shape index (κ1) is 16.4. The number of hydrogen-bond acceptors (Lipinski definition) is 6. The average molecular weight is 350 g/mol. The van der Waals surface area contributed by atoms with Gasteiger partial charge in [-0.1, -0.05) is 0 Å². The van der Waals surface area contributed by atoms with Crippen molar-refractivity contribution in [3.63, 3.8) is 0 Å². The Morgan fingerprint density at radius 1 is 1.25 bits per heavy atom. The van der Waals surface area contributed by atoms with E-state index in [4.69, 9.17) is 0 Å². The topological polar surface area (TPSA) is 42.9 Å². The Hall–Kier alpha value is -1.02. The molecule has 6 nitrogen and oxygen atoms in total. The van der Waals surface area contributed by atoms with Crippen LogP contribution in [-0.4, -0.2) is 95.9 Å². The Bertz CT molecular complexity index is 572. The summed E-state index contributed by atoms with van der Waals surface area (Å²) in [5, 5.41) is 3.24. The minimum Gasteiger partial charge on any atom is -0.339 e. The molecule has 3 saturated heterocycles. The first-order valence-electron chi connectivity index (χ1n) is 8.92. The van der Waals surface area contributed by atoms with Crippen LogP contribution in [0.3, 0.4) is 0 Å². The number of rotatable bonds is 3. The summed E-state index contributed by atoms with van der Waals surface area (Å²) in [5.41, 5.74) is 0. The van der Waals surface area contributed by atoms with Gasteiger partial charge >= 0.3 is 0 Å². The molecule has 4 rings (SSSR count). The van der Waals surface area contributed by atoms with Gasteiger partial charge in [0, 0.05) is 56.9 Å². The lowest BCUT2D eigenvalue weighted by Crippen LogP contribution is -2.53. The Kier molecular flexibility index (Phi) is 4.60. The van der Waals surface area contributed by atoms with Gasteiger partial charge in [-0.05, 0) is 26.4 Å². The molecule has 0 radical (unpaired) electrons. The van der Waals surface area contributed by atoms with Crippen LogP contribution in [0.5, 0.6) is 0 Å². The fourth-order valence-corrected chi connectivity index (χ4v) is 5.14. The summed E-state index contributed by atoms with van der Waals surface area (Å²) in [5.74, 6) is 0.975. The van der Waals surface area contributed by atoms with E-state index in [0.717, 1.165) is 52.2 Å².